The Labute approximate surface area is 80.6 Å². The van der Waals surface area contributed by atoms with E-state index in [-0.39, 0.29) is 5.91 Å². The number of carbonyl (C=O) groups is 1. The van der Waals surface area contributed by atoms with Gasteiger partial charge < -0.3 is 4.90 Å². The van der Waals surface area contributed by atoms with Crippen molar-refractivity contribution in [3.63, 3.8) is 0 Å². The Morgan fingerprint density at radius 3 is 2.15 bits per heavy atom. The van der Waals surface area contributed by atoms with Crippen LogP contribution in [0.4, 0.5) is 0 Å². The monoisotopic (exact) mass is 181 g/mol. The maximum absolute atomic E-state index is 11.7. The number of carbonyl (C=O) groups excluding carboxylic acids is 1. The van der Waals surface area contributed by atoms with Crippen molar-refractivity contribution in [3.8, 4) is 0 Å². The first-order valence-electron chi connectivity index (χ1n) is 5.09. The highest BCUT2D eigenvalue weighted by atomic mass is 16.2. The molecule has 0 aromatic carbocycles. The van der Waals surface area contributed by atoms with Gasteiger partial charge in [-0.1, -0.05) is 20.4 Å². The molecular weight excluding hydrogens is 162 g/mol. The lowest BCUT2D eigenvalue weighted by Gasteiger charge is -2.48. The Balaban J connectivity index is 2.63. The fourth-order valence-corrected chi connectivity index (χ4v) is 1.98. The predicted molar refractivity (Wildman–Crippen MR) is 54.4 cm³/mol. The zero-order valence-corrected chi connectivity index (χ0v) is 8.84. The van der Waals surface area contributed by atoms with Gasteiger partial charge in [-0.05, 0) is 26.2 Å². The topological polar surface area (TPSA) is 20.3 Å². The fraction of sp³-hybridized carbons (Fsp3) is 0.727. The van der Waals surface area contributed by atoms with Gasteiger partial charge in [-0.2, -0.15) is 0 Å². The van der Waals surface area contributed by atoms with Gasteiger partial charge in [0, 0.05) is 17.7 Å². The van der Waals surface area contributed by atoms with E-state index in [2.05, 4.69) is 20.4 Å². The van der Waals surface area contributed by atoms with Crippen molar-refractivity contribution in [2.75, 3.05) is 0 Å². The molecule has 1 saturated heterocycles. The van der Waals surface area contributed by atoms with Gasteiger partial charge in [0.1, 0.15) is 0 Å². The molecule has 1 amide bonds. The van der Waals surface area contributed by atoms with Gasteiger partial charge in [-0.15, -0.1) is 0 Å². The molecule has 1 aliphatic heterocycles. The number of likely N-dealkylation sites (tertiary alicyclic amines) is 1. The fourth-order valence-electron chi connectivity index (χ4n) is 1.98. The summed E-state index contributed by atoms with van der Waals surface area (Å²) in [4.78, 5) is 13.7. The molecule has 1 heterocycles. The molecule has 1 aliphatic rings. The first-order chi connectivity index (χ1) is 6.11. The number of hydrogen-bond donors (Lipinski definition) is 0. The van der Waals surface area contributed by atoms with Crippen molar-refractivity contribution in [2.24, 2.45) is 0 Å². The molecule has 1 fully saturated rings. The van der Waals surface area contributed by atoms with Crippen LogP contribution in [0.1, 0.15) is 40.0 Å². The molecule has 0 spiro atoms. The molecule has 2 heteroatoms. The summed E-state index contributed by atoms with van der Waals surface area (Å²) < 4.78 is 0. The standard InChI is InChI=1S/C11H19NO/c1-5-9-7-10(6-2)12(9)11(13)8(3)4/h9-10H,3,5-7H2,1-2,4H3. The van der Waals surface area contributed by atoms with Gasteiger partial charge in [-0.25, -0.2) is 0 Å². The van der Waals surface area contributed by atoms with Gasteiger partial charge in [0.15, 0.2) is 0 Å². The third kappa shape index (κ3) is 1.77. The van der Waals surface area contributed by atoms with Crippen LogP contribution in [-0.4, -0.2) is 22.9 Å². The molecule has 1 rings (SSSR count). The van der Waals surface area contributed by atoms with Crippen molar-refractivity contribution in [1.82, 2.24) is 4.90 Å². The molecule has 13 heavy (non-hydrogen) atoms. The summed E-state index contributed by atoms with van der Waals surface area (Å²) >= 11 is 0. The summed E-state index contributed by atoms with van der Waals surface area (Å²) in [5, 5.41) is 0. The van der Waals surface area contributed by atoms with E-state index in [1.54, 1.807) is 6.92 Å². The molecule has 0 aliphatic carbocycles. The van der Waals surface area contributed by atoms with Gasteiger partial charge in [0.05, 0.1) is 0 Å². The molecule has 2 unspecified atom stereocenters. The quantitative estimate of drug-likeness (QED) is 0.612. The summed E-state index contributed by atoms with van der Waals surface area (Å²) in [6.45, 7) is 9.76. The highest BCUT2D eigenvalue weighted by Crippen LogP contribution is 2.31. The van der Waals surface area contributed by atoms with Crippen molar-refractivity contribution < 1.29 is 4.79 Å². The van der Waals surface area contributed by atoms with Gasteiger partial charge in [-0.3, -0.25) is 4.79 Å². The first kappa shape index (κ1) is 10.3. The van der Waals surface area contributed by atoms with E-state index in [4.69, 9.17) is 0 Å². The van der Waals surface area contributed by atoms with Crippen LogP contribution in [0.15, 0.2) is 12.2 Å². The average molecular weight is 181 g/mol. The normalized spacial score (nSPS) is 26.8. The zero-order chi connectivity index (χ0) is 10.0. The predicted octanol–water partition coefficient (Wildman–Crippen LogP) is 2.35. The molecule has 2 atom stereocenters. The molecule has 0 aromatic heterocycles. The van der Waals surface area contributed by atoms with E-state index < -0.39 is 0 Å². The van der Waals surface area contributed by atoms with Crippen LogP contribution >= 0.6 is 0 Å². The number of rotatable bonds is 3. The second-order valence-electron chi connectivity index (χ2n) is 3.85. The largest absolute Gasteiger partial charge is 0.333 e. The number of hydrogen-bond acceptors (Lipinski definition) is 1. The van der Waals surface area contributed by atoms with Crippen LogP contribution in [0, 0.1) is 0 Å². The maximum atomic E-state index is 11.7. The van der Waals surface area contributed by atoms with Crippen LogP contribution in [-0.2, 0) is 4.79 Å². The molecule has 0 bridgehead atoms. The summed E-state index contributed by atoms with van der Waals surface area (Å²) in [5.41, 5.74) is 0.664. The van der Waals surface area contributed by atoms with Crippen LogP contribution in [0.3, 0.4) is 0 Å². The van der Waals surface area contributed by atoms with E-state index >= 15 is 0 Å². The van der Waals surface area contributed by atoms with Crippen molar-refractivity contribution in [3.05, 3.63) is 12.2 Å². The molecule has 74 valence electrons. The van der Waals surface area contributed by atoms with E-state index in [9.17, 15) is 4.79 Å². The lowest BCUT2D eigenvalue weighted by Crippen LogP contribution is -2.58. The molecule has 0 saturated carbocycles. The van der Waals surface area contributed by atoms with E-state index in [0.717, 1.165) is 12.8 Å². The SMILES string of the molecule is C=C(C)C(=O)N1C(CC)CC1CC. The minimum atomic E-state index is 0.143. The van der Waals surface area contributed by atoms with Crippen LogP contribution in [0.25, 0.3) is 0 Å². The minimum absolute atomic E-state index is 0.143. The highest BCUT2D eigenvalue weighted by molar-refractivity contribution is 5.93. The van der Waals surface area contributed by atoms with Gasteiger partial charge in [0.25, 0.3) is 0 Å². The first-order valence-corrected chi connectivity index (χ1v) is 5.09. The Kier molecular flexibility index (Phi) is 3.12. The number of amides is 1. The summed E-state index contributed by atoms with van der Waals surface area (Å²) in [7, 11) is 0. The van der Waals surface area contributed by atoms with Gasteiger partial charge >= 0.3 is 0 Å². The lowest BCUT2D eigenvalue weighted by atomic mass is 9.88. The molecule has 2 nitrogen and oxygen atoms in total. The third-order valence-electron chi connectivity index (χ3n) is 2.87. The Hall–Kier alpha value is -0.790. The van der Waals surface area contributed by atoms with Crippen molar-refractivity contribution >= 4 is 5.91 Å². The Bertz CT molecular complexity index is 212. The summed E-state index contributed by atoms with van der Waals surface area (Å²) in [5.74, 6) is 0.143. The van der Waals surface area contributed by atoms with Crippen LogP contribution in [0.5, 0.6) is 0 Å². The smallest absolute Gasteiger partial charge is 0.249 e. The minimum Gasteiger partial charge on any atom is -0.333 e. The maximum Gasteiger partial charge on any atom is 0.249 e. The second-order valence-corrected chi connectivity index (χ2v) is 3.85. The highest BCUT2D eigenvalue weighted by Gasteiger charge is 2.38. The summed E-state index contributed by atoms with van der Waals surface area (Å²) in [6, 6.07) is 0.934. The van der Waals surface area contributed by atoms with Crippen LogP contribution in [0.2, 0.25) is 0 Å². The average Bonchev–Trinajstić information content (AvgIpc) is 2.04. The van der Waals surface area contributed by atoms with Gasteiger partial charge in [0.2, 0.25) is 5.91 Å². The lowest BCUT2D eigenvalue weighted by molar-refractivity contribution is -0.140. The number of nitrogens with zero attached hydrogens (tertiary/aromatic N) is 1. The molecular formula is C11H19NO. The molecule has 0 N–H and O–H groups in total. The zero-order valence-electron chi connectivity index (χ0n) is 8.84. The summed E-state index contributed by atoms with van der Waals surface area (Å²) in [6.07, 6.45) is 3.30. The second kappa shape index (κ2) is 3.95. The van der Waals surface area contributed by atoms with Crippen LogP contribution < -0.4 is 0 Å². The molecule has 0 aromatic rings. The Morgan fingerprint density at radius 1 is 1.38 bits per heavy atom. The third-order valence-corrected chi connectivity index (χ3v) is 2.87. The van der Waals surface area contributed by atoms with E-state index in [1.165, 1.54) is 6.42 Å². The van der Waals surface area contributed by atoms with E-state index in [0.29, 0.717) is 17.7 Å². The van der Waals surface area contributed by atoms with E-state index in [1.807, 2.05) is 4.90 Å². The Morgan fingerprint density at radius 2 is 1.85 bits per heavy atom. The van der Waals surface area contributed by atoms with Crippen molar-refractivity contribution in [2.45, 2.75) is 52.1 Å². The van der Waals surface area contributed by atoms with Crippen molar-refractivity contribution in [1.29, 1.82) is 0 Å². The molecule has 0 radical (unpaired) electrons.